The molecule has 5 nitrogen and oxygen atoms in total. The zero-order valence-electron chi connectivity index (χ0n) is 16.8. The Hall–Kier alpha value is -3.03. The van der Waals surface area contributed by atoms with Gasteiger partial charge in [0.05, 0.1) is 10.5 Å². The highest BCUT2D eigenvalue weighted by molar-refractivity contribution is 7.89. The minimum atomic E-state index is -3.92. The Morgan fingerprint density at radius 1 is 0.933 bits per heavy atom. The number of aryl methyl sites for hydroxylation is 2. The number of anilines is 1. The highest BCUT2D eigenvalue weighted by Crippen LogP contribution is 2.18. The normalized spacial score (nSPS) is 11.3. The molecule has 3 aromatic carbocycles. The van der Waals surface area contributed by atoms with Crippen LogP contribution in [-0.4, -0.2) is 14.3 Å². The van der Waals surface area contributed by atoms with Gasteiger partial charge in [0.15, 0.2) is 0 Å². The van der Waals surface area contributed by atoms with Crippen molar-refractivity contribution in [3.05, 3.63) is 94.8 Å². The Labute approximate surface area is 176 Å². The van der Waals surface area contributed by atoms with Gasteiger partial charge in [-0.3, -0.25) is 4.79 Å². The quantitative estimate of drug-likeness (QED) is 0.587. The first-order valence-corrected chi connectivity index (χ1v) is 11.0. The van der Waals surface area contributed by atoms with Crippen molar-refractivity contribution in [2.24, 2.45) is 0 Å². The SMILES string of the molecule is CCc1ccc(NC(=O)c2cc(S(=O)(=O)NCc3ccc(C)cc3)ccc2F)cc1. The first kappa shape index (κ1) is 21.7. The summed E-state index contributed by atoms with van der Waals surface area (Å²) in [5, 5.41) is 2.60. The summed E-state index contributed by atoms with van der Waals surface area (Å²) in [6.07, 6.45) is 0.859. The molecule has 1 amide bonds. The molecule has 0 heterocycles. The number of benzene rings is 3. The van der Waals surface area contributed by atoms with E-state index in [1.54, 1.807) is 12.1 Å². The van der Waals surface area contributed by atoms with Gasteiger partial charge in [0.2, 0.25) is 10.0 Å². The first-order chi connectivity index (χ1) is 14.3. The lowest BCUT2D eigenvalue weighted by Crippen LogP contribution is -2.24. The molecule has 0 fully saturated rings. The summed E-state index contributed by atoms with van der Waals surface area (Å²) in [6, 6.07) is 17.8. The Balaban J connectivity index is 1.77. The van der Waals surface area contributed by atoms with Crippen LogP contribution in [0.25, 0.3) is 0 Å². The van der Waals surface area contributed by atoms with Crippen LogP contribution in [0.5, 0.6) is 0 Å². The Bertz CT molecular complexity index is 1140. The molecule has 0 aliphatic rings. The number of carbonyl (C=O) groups excluding carboxylic acids is 1. The second kappa shape index (κ2) is 9.19. The molecule has 3 rings (SSSR count). The van der Waals surface area contributed by atoms with Crippen LogP contribution < -0.4 is 10.0 Å². The van der Waals surface area contributed by atoms with Crippen LogP contribution in [0, 0.1) is 12.7 Å². The third-order valence-corrected chi connectivity index (χ3v) is 6.10. The van der Waals surface area contributed by atoms with Gasteiger partial charge in [-0.1, -0.05) is 48.9 Å². The smallest absolute Gasteiger partial charge is 0.258 e. The van der Waals surface area contributed by atoms with Crippen molar-refractivity contribution >= 4 is 21.6 Å². The predicted molar refractivity (Wildman–Crippen MR) is 115 cm³/mol. The highest BCUT2D eigenvalue weighted by atomic mass is 32.2. The summed E-state index contributed by atoms with van der Waals surface area (Å²) in [5.41, 5.74) is 3.13. The van der Waals surface area contributed by atoms with E-state index in [9.17, 15) is 17.6 Å². The van der Waals surface area contributed by atoms with Crippen molar-refractivity contribution in [3.63, 3.8) is 0 Å². The maximum absolute atomic E-state index is 14.2. The third kappa shape index (κ3) is 5.31. The molecule has 0 aliphatic carbocycles. The number of hydrogen-bond donors (Lipinski definition) is 2. The maximum Gasteiger partial charge on any atom is 0.258 e. The lowest BCUT2D eigenvalue weighted by molar-refractivity contribution is 0.102. The Morgan fingerprint density at radius 3 is 2.20 bits per heavy atom. The van der Waals surface area contributed by atoms with E-state index in [1.807, 2.05) is 50.2 Å². The standard InChI is InChI=1S/C23H23FN2O3S/c1-3-17-8-10-19(11-9-17)26-23(27)21-14-20(12-13-22(21)24)30(28,29)25-15-18-6-4-16(2)5-7-18/h4-14,25H,3,15H2,1-2H3,(H,26,27). The van der Waals surface area contributed by atoms with Crippen LogP contribution in [0.4, 0.5) is 10.1 Å². The van der Waals surface area contributed by atoms with Crippen molar-refractivity contribution in [1.29, 1.82) is 0 Å². The zero-order valence-corrected chi connectivity index (χ0v) is 17.6. The molecule has 0 aliphatic heterocycles. The van der Waals surface area contributed by atoms with Crippen LogP contribution in [0.2, 0.25) is 0 Å². The maximum atomic E-state index is 14.2. The predicted octanol–water partition coefficient (Wildman–Crippen LogP) is 4.43. The fourth-order valence-electron chi connectivity index (χ4n) is 2.84. The van der Waals surface area contributed by atoms with Gasteiger partial charge in [0.25, 0.3) is 5.91 Å². The highest BCUT2D eigenvalue weighted by Gasteiger charge is 2.19. The van der Waals surface area contributed by atoms with E-state index in [1.165, 1.54) is 0 Å². The summed E-state index contributed by atoms with van der Waals surface area (Å²) < 4.78 is 42.0. The Kier molecular flexibility index (Phi) is 6.64. The average molecular weight is 427 g/mol. The molecule has 0 aromatic heterocycles. The number of hydrogen-bond acceptors (Lipinski definition) is 3. The zero-order chi connectivity index (χ0) is 21.7. The number of halogens is 1. The van der Waals surface area contributed by atoms with Crippen molar-refractivity contribution in [1.82, 2.24) is 4.72 Å². The molecule has 7 heteroatoms. The second-order valence-electron chi connectivity index (χ2n) is 6.96. The lowest BCUT2D eigenvalue weighted by Gasteiger charge is -2.10. The minimum absolute atomic E-state index is 0.0886. The van der Waals surface area contributed by atoms with E-state index in [4.69, 9.17) is 0 Å². The van der Waals surface area contributed by atoms with Gasteiger partial charge in [-0.15, -0.1) is 0 Å². The topological polar surface area (TPSA) is 75.3 Å². The fraction of sp³-hybridized carbons (Fsp3) is 0.174. The Morgan fingerprint density at radius 2 is 1.57 bits per heavy atom. The van der Waals surface area contributed by atoms with Gasteiger partial charge >= 0.3 is 0 Å². The number of sulfonamides is 1. The third-order valence-electron chi connectivity index (χ3n) is 4.70. The van der Waals surface area contributed by atoms with Crippen LogP contribution in [0.15, 0.2) is 71.6 Å². The van der Waals surface area contributed by atoms with E-state index in [0.717, 1.165) is 41.3 Å². The second-order valence-corrected chi connectivity index (χ2v) is 8.72. The van der Waals surface area contributed by atoms with Crippen molar-refractivity contribution in [2.75, 3.05) is 5.32 Å². The molecule has 0 atom stereocenters. The molecule has 30 heavy (non-hydrogen) atoms. The van der Waals surface area contributed by atoms with E-state index < -0.39 is 21.7 Å². The number of carbonyl (C=O) groups is 1. The molecule has 156 valence electrons. The molecule has 0 bridgehead atoms. The fourth-order valence-corrected chi connectivity index (χ4v) is 3.88. The lowest BCUT2D eigenvalue weighted by atomic mass is 10.1. The van der Waals surface area contributed by atoms with E-state index in [-0.39, 0.29) is 17.0 Å². The van der Waals surface area contributed by atoms with E-state index in [0.29, 0.717) is 5.69 Å². The van der Waals surface area contributed by atoms with Gasteiger partial charge in [-0.05, 0) is 54.8 Å². The summed E-state index contributed by atoms with van der Waals surface area (Å²) in [6.45, 7) is 4.05. The van der Waals surface area contributed by atoms with Crippen molar-refractivity contribution in [2.45, 2.75) is 31.7 Å². The molecular formula is C23H23FN2O3S. The monoisotopic (exact) mass is 426 g/mol. The van der Waals surface area contributed by atoms with E-state index in [2.05, 4.69) is 10.0 Å². The van der Waals surface area contributed by atoms with Gasteiger partial charge in [0.1, 0.15) is 5.82 Å². The summed E-state index contributed by atoms with van der Waals surface area (Å²) in [7, 11) is -3.92. The molecule has 0 spiro atoms. The van der Waals surface area contributed by atoms with Crippen molar-refractivity contribution < 1.29 is 17.6 Å². The largest absolute Gasteiger partial charge is 0.322 e. The summed E-state index contributed by atoms with van der Waals surface area (Å²) in [5.74, 6) is -1.51. The van der Waals surface area contributed by atoms with Gasteiger partial charge in [-0.25, -0.2) is 17.5 Å². The summed E-state index contributed by atoms with van der Waals surface area (Å²) in [4.78, 5) is 12.3. The number of amides is 1. The van der Waals surface area contributed by atoms with Crippen LogP contribution in [0.1, 0.15) is 34.0 Å². The minimum Gasteiger partial charge on any atom is -0.322 e. The molecular weight excluding hydrogens is 403 g/mol. The van der Waals surface area contributed by atoms with Gasteiger partial charge < -0.3 is 5.32 Å². The van der Waals surface area contributed by atoms with Crippen LogP contribution in [0.3, 0.4) is 0 Å². The molecule has 0 saturated carbocycles. The van der Waals surface area contributed by atoms with Crippen LogP contribution >= 0.6 is 0 Å². The number of nitrogens with one attached hydrogen (secondary N) is 2. The van der Waals surface area contributed by atoms with Crippen molar-refractivity contribution in [3.8, 4) is 0 Å². The molecule has 0 saturated heterocycles. The number of rotatable bonds is 7. The van der Waals surface area contributed by atoms with Crippen LogP contribution in [-0.2, 0) is 23.0 Å². The molecule has 0 radical (unpaired) electrons. The summed E-state index contributed by atoms with van der Waals surface area (Å²) >= 11 is 0. The van der Waals surface area contributed by atoms with Gasteiger partial charge in [-0.2, -0.15) is 0 Å². The van der Waals surface area contributed by atoms with Gasteiger partial charge in [0, 0.05) is 12.2 Å². The average Bonchev–Trinajstić information content (AvgIpc) is 2.74. The molecule has 0 unspecified atom stereocenters. The molecule has 3 aromatic rings. The molecule has 2 N–H and O–H groups in total. The first-order valence-electron chi connectivity index (χ1n) is 9.53. The van der Waals surface area contributed by atoms with E-state index >= 15 is 0 Å².